The lowest BCUT2D eigenvalue weighted by Gasteiger charge is -2.18. The number of aromatic nitrogens is 1. The molecule has 2 rings (SSSR count). The third-order valence-corrected chi connectivity index (χ3v) is 3.39. The van der Waals surface area contributed by atoms with Crippen molar-refractivity contribution in [1.29, 1.82) is 0 Å². The van der Waals surface area contributed by atoms with E-state index in [2.05, 4.69) is 4.98 Å². The van der Waals surface area contributed by atoms with Gasteiger partial charge in [-0.3, -0.25) is 4.98 Å². The maximum absolute atomic E-state index is 12.6. The Labute approximate surface area is 140 Å². The number of nitrogens with zero attached hydrogens (tertiary/aromatic N) is 1. The van der Waals surface area contributed by atoms with Crippen LogP contribution in [0.15, 0.2) is 30.6 Å². The van der Waals surface area contributed by atoms with Gasteiger partial charge in [-0.25, -0.2) is 9.59 Å². The number of esters is 2. The van der Waals surface area contributed by atoms with E-state index in [0.29, 0.717) is 11.1 Å². The van der Waals surface area contributed by atoms with E-state index in [1.807, 2.05) is 0 Å². The Morgan fingerprint density at radius 3 is 2.46 bits per heavy atom. The fraction of sp³-hybridized carbons (Fsp3) is 0.278. The summed E-state index contributed by atoms with van der Waals surface area (Å²) in [7, 11) is 1.21. The lowest BCUT2D eigenvalue weighted by molar-refractivity contribution is 0.0378. The van der Waals surface area contributed by atoms with Crippen molar-refractivity contribution in [3.05, 3.63) is 47.3 Å². The summed E-state index contributed by atoms with van der Waals surface area (Å²) in [6, 6.07) is 4.72. The maximum Gasteiger partial charge on any atom is 0.342 e. The predicted octanol–water partition coefficient (Wildman–Crippen LogP) is 3.11. The molecule has 1 aromatic heterocycles. The van der Waals surface area contributed by atoms with Gasteiger partial charge in [0.05, 0.1) is 18.8 Å². The molecule has 24 heavy (non-hydrogen) atoms. The Morgan fingerprint density at radius 1 is 1.21 bits per heavy atom. The highest BCUT2D eigenvalue weighted by molar-refractivity contribution is 6.08. The van der Waals surface area contributed by atoms with E-state index in [1.165, 1.54) is 19.4 Å². The number of pyridine rings is 1. The smallest absolute Gasteiger partial charge is 0.342 e. The standard InChI is InChI=1S/C18H19NO5/c1-10(2)24-18(22)14-11(3)8-13(20)16(17(21)23-4)15(14)12-6-5-7-19-9-12/h5-10,20H,1-4H3. The van der Waals surface area contributed by atoms with E-state index in [-0.39, 0.29) is 28.5 Å². The summed E-state index contributed by atoms with van der Waals surface area (Å²) in [5.41, 5.74) is 1.36. The topological polar surface area (TPSA) is 85.7 Å². The number of phenols is 1. The van der Waals surface area contributed by atoms with E-state index >= 15 is 0 Å². The summed E-state index contributed by atoms with van der Waals surface area (Å²) in [6.45, 7) is 5.13. The van der Waals surface area contributed by atoms with Gasteiger partial charge in [0.1, 0.15) is 11.3 Å². The summed E-state index contributed by atoms with van der Waals surface area (Å²) in [5.74, 6) is -1.59. The van der Waals surface area contributed by atoms with Crippen LogP contribution in [0.5, 0.6) is 5.75 Å². The molecule has 0 aliphatic rings. The van der Waals surface area contributed by atoms with Gasteiger partial charge in [-0.05, 0) is 38.5 Å². The Hall–Kier alpha value is -2.89. The normalized spacial score (nSPS) is 10.5. The maximum atomic E-state index is 12.6. The molecule has 0 aliphatic carbocycles. The molecule has 0 spiro atoms. The average Bonchev–Trinajstić information content (AvgIpc) is 2.53. The minimum absolute atomic E-state index is 0.0909. The van der Waals surface area contributed by atoms with Crippen LogP contribution in [0.4, 0.5) is 0 Å². The van der Waals surface area contributed by atoms with Crippen molar-refractivity contribution in [3.63, 3.8) is 0 Å². The molecule has 0 radical (unpaired) electrons. The van der Waals surface area contributed by atoms with Crippen LogP contribution in [0.1, 0.15) is 40.1 Å². The monoisotopic (exact) mass is 329 g/mol. The van der Waals surface area contributed by atoms with Gasteiger partial charge in [0.2, 0.25) is 0 Å². The number of phenolic OH excluding ortho intramolecular Hbond substituents is 1. The van der Waals surface area contributed by atoms with Crippen molar-refractivity contribution in [1.82, 2.24) is 4.98 Å². The van der Waals surface area contributed by atoms with Crippen LogP contribution in [0.25, 0.3) is 11.1 Å². The molecular weight excluding hydrogens is 310 g/mol. The highest BCUT2D eigenvalue weighted by atomic mass is 16.5. The molecule has 0 saturated carbocycles. The van der Waals surface area contributed by atoms with Gasteiger partial charge in [-0.1, -0.05) is 6.07 Å². The molecule has 0 aliphatic heterocycles. The molecule has 0 unspecified atom stereocenters. The number of carbonyl (C=O) groups excluding carboxylic acids is 2. The van der Waals surface area contributed by atoms with Crippen LogP contribution in [0.2, 0.25) is 0 Å². The van der Waals surface area contributed by atoms with Crippen LogP contribution in [0.3, 0.4) is 0 Å². The molecular formula is C18H19NO5. The Morgan fingerprint density at radius 2 is 1.92 bits per heavy atom. The van der Waals surface area contributed by atoms with E-state index in [9.17, 15) is 14.7 Å². The lowest BCUT2D eigenvalue weighted by atomic mass is 9.91. The second-order valence-corrected chi connectivity index (χ2v) is 5.52. The molecule has 2 aromatic rings. The van der Waals surface area contributed by atoms with Crippen LogP contribution in [-0.4, -0.2) is 35.2 Å². The predicted molar refractivity (Wildman–Crippen MR) is 88.0 cm³/mol. The summed E-state index contributed by atoms with van der Waals surface area (Å²) in [6.07, 6.45) is 2.75. The quantitative estimate of drug-likeness (QED) is 0.868. The Balaban J connectivity index is 2.83. The largest absolute Gasteiger partial charge is 0.507 e. The first kappa shape index (κ1) is 17.5. The van der Waals surface area contributed by atoms with Gasteiger partial charge in [0.15, 0.2) is 0 Å². The fourth-order valence-electron chi connectivity index (χ4n) is 2.44. The van der Waals surface area contributed by atoms with Gasteiger partial charge in [0.25, 0.3) is 0 Å². The molecule has 6 nitrogen and oxygen atoms in total. The molecule has 0 amide bonds. The van der Waals surface area contributed by atoms with Gasteiger partial charge < -0.3 is 14.6 Å². The number of benzene rings is 1. The van der Waals surface area contributed by atoms with E-state index in [1.54, 1.807) is 39.1 Å². The molecule has 1 heterocycles. The lowest BCUT2D eigenvalue weighted by Crippen LogP contribution is -2.16. The number of aryl methyl sites for hydroxylation is 1. The van der Waals surface area contributed by atoms with Gasteiger partial charge in [0, 0.05) is 23.5 Å². The van der Waals surface area contributed by atoms with Crippen molar-refractivity contribution >= 4 is 11.9 Å². The minimum Gasteiger partial charge on any atom is -0.507 e. The zero-order chi connectivity index (χ0) is 17.9. The highest BCUT2D eigenvalue weighted by Gasteiger charge is 2.28. The molecule has 0 saturated heterocycles. The number of hydrogen-bond acceptors (Lipinski definition) is 6. The highest BCUT2D eigenvalue weighted by Crippen LogP contribution is 2.36. The van der Waals surface area contributed by atoms with Crippen molar-refractivity contribution < 1.29 is 24.2 Å². The molecule has 0 fully saturated rings. The van der Waals surface area contributed by atoms with Crippen LogP contribution in [0, 0.1) is 6.92 Å². The Bertz CT molecular complexity index is 769. The Kier molecular flexibility index (Phi) is 5.18. The zero-order valence-corrected chi connectivity index (χ0v) is 14.0. The summed E-state index contributed by atoms with van der Waals surface area (Å²) in [4.78, 5) is 28.8. The van der Waals surface area contributed by atoms with Gasteiger partial charge in [-0.15, -0.1) is 0 Å². The second-order valence-electron chi connectivity index (χ2n) is 5.52. The number of rotatable bonds is 4. The number of hydrogen-bond donors (Lipinski definition) is 1. The summed E-state index contributed by atoms with van der Waals surface area (Å²) < 4.78 is 10.1. The third kappa shape index (κ3) is 3.37. The molecule has 1 N–H and O–H groups in total. The van der Waals surface area contributed by atoms with Crippen molar-refractivity contribution in [2.24, 2.45) is 0 Å². The average molecular weight is 329 g/mol. The van der Waals surface area contributed by atoms with Crippen LogP contribution >= 0.6 is 0 Å². The van der Waals surface area contributed by atoms with E-state index in [4.69, 9.17) is 9.47 Å². The zero-order valence-electron chi connectivity index (χ0n) is 14.0. The second kappa shape index (κ2) is 7.12. The van der Waals surface area contributed by atoms with E-state index < -0.39 is 11.9 Å². The third-order valence-electron chi connectivity index (χ3n) is 3.39. The fourth-order valence-corrected chi connectivity index (χ4v) is 2.44. The van der Waals surface area contributed by atoms with Crippen molar-refractivity contribution in [2.75, 3.05) is 7.11 Å². The van der Waals surface area contributed by atoms with Gasteiger partial charge in [-0.2, -0.15) is 0 Å². The molecule has 0 bridgehead atoms. The first-order valence-electron chi connectivity index (χ1n) is 7.43. The summed E-state index contributed by atoms with van der Waals surface area (Å²) in [5, 5.41) is 10.2. The number of aromatic hydroxyl groups is 1. The number of ether oxygens (including phenoxy) is 2. The SMILES string of the molecule is COC(=O)c1c(O)cc(C)c(C(=O)OC(C)C)c1-c1cccnc1. The first-order valence-corrected chi connectivity index (χ1v) is 7.43. The number of carbonyl (C=O) groups is 2. The van der Waals surface area contributed by atoms with E-state index in [0.717, 1.165) is 0 Å². The first-order chi connectivity index (χ1) is 11.4. The van der Waals surface area contributed by atoms with Crippen LogP contribution in [-0.2, 0) is 9.47 Å². The minimum atomic E-state index is -0.745. The van der Waals surface area contributed by atoms with Crippen LogP contribution < -0.4 is 0 Å². The van der Waals surface area contributed by atoms with Gasteiger partial charge >= 0.3 is 11.9 Å². The number of methoxy groups -OCH3 is 1. The molecule has 6 heteroatoms. The molecule has 1 aromatic carbocycles. The summed E-state index contributed by atoms with van der Waals surface area (Å²) >= 11 is 0. The van der Waals surface area contributed by atoms with Crippen molar-refractivity contribution in [2.45, 2.75) is 26.9 Å². The molecule has 126 valence electrons. The molecule has 0 atom stereocenters. The van der Waals surface area contributed by atoms with Crippen molar-refractivity contribution in [3.8, 4) is 16.9 Å².